The molecule has 0 unspecified atom stereocenters. The van der Waals surface area contributed by atoms with Gasteiger partial charge in [-0.05, 0) is 62.8 Å². The number of fused-ring (bicyclic) bond motifs is 3. The first-order valence-corrected chi connectivity index (χ1v) is 11.1. The van der Waals surface area contributed by atoms with E-state index in [1.165, 1.54) is 0 Å². The molecule has 6 nitrogen and oxygen atoms in total. The first-order valence-electron chi connectivity index (χ1n) is 11.1. The number of hydrogen-bond acceptors (Lipinski definition) is 5. The van der Waals surface area contributed by atoms with Crippen LogP contribution in [0.15, 0.2) is 40.8 Å². The fourth-order valence-electron chi connectivity index (χ4n) is 5.01. The van der Waals surface area contributed by atoms with Gasteiger partial charge in [-0.15, -0.1) is 0 Å². The Morgan fingerprint density at radius 3 is 2.72 bits per heavy atom. The Hall–Kier alpha value is -3.28. The van der Waals surface area contributed by atoms with Crippen molar-refractivity contribution in [2.75, 3.05) is 12.4 Å². The number of Topliss-reactive ketones (excluding diaryl/α,β-unsaturated/α-hetero) is 1. The number of hydrogen-bond donors (Lipinski definition) is 1. The van der Waals surface area contributed by atoms with Gasteiger partial charge in [0.1, 0.15) is 22.7 Å². The van der Waals surface area contributed by atoms with Gasteiger partial charge in [-0.25, -0.2) is 0 Å². The van der Waals surface area contributed by atoms with Gasteiger partial charge in [0.05, 0.1) is 19.1 Å². The maximum atomic E-state index is 13.3. The van der Waals surface area contributed by atoms with E-state index in [0.29, 0.717) is 51.6 Å². The third kappa shape index (κ3) is 3.44. The summed E-state index contributed by atoms with van der Waals surface area (Å²) < 4.78 is 17.6. The maximum Gasteiger partial charge on any atom is 0.291 e. The Morgan fingerprint density at radius 2 is 1.97 bits per heavy atom. The molecular weight excluding hydrogens is 406 g/mol. The van der Waals surface area contributed by atoms with Gasteiger partial charge < -0.3 is 19.2 Å². The first kappa shape index (κ1) is 20.6. The Kier molecular flexibility index (Phi) is 4.96. The number of methoxy groups -OCH3 is 1. The normalized spacial score (nSPS) is 22.5. The number of benzene rings is 2. The Balaban J connectivity index is 1.49. The summed E-state index contributed by atoms with van der Waals surface area (Å²) in [6.07, 6.45) is 4.32. The van der Waals surface area contributed by atoms with Gasteiger partial charge in [0.2, 0.25) is 0 Å². The van der Waals surface area contributed by atoms with E-state index < -0.39 is 5.60 Å². The second kappa shape index (κ2) is 7.69. The molecule has 1 aromatic heterocycles. The van der Waals surface area contributed by atoms with Gasteiger partial charge in [-0.1, -0.05) is 13.0 Å². The second-order valence-electron chi connectivity index (χ2n) is 9.12. The zero-order chi connectivity index (χ0) is 22.5. The Labute approximate surface area is 186 Å². The van der Waals surface area contributed by atoms with E-state index in [4.69, 9.17) is 13.9 Å². The average Bonchev–Trinajstić information content (AvgIpc) is 3.12. The van der Waals surface area contributed by atoms with Gasteiger partial charge in [0.15, 0.2) is 11.5 Å². The van der Waals surface area contributed by atoms with E-state index in [2.05, 4.69) is 12.2 Å². The number of rotatable bonds is 3. The van der Waals surface area contributed by atoms with Crippen LogP contribution >= 0.6 is 0 Å². The molecule has 3 aromatic rings. The maximum absolute atomic E-state index is 13.3. The number of furan rings is 1. The molecule has 1 spiro atoms. The highest BCUT2D eigenvalue weighted by molar-refractivity contribution is 6.14. The minimum absolute atomic E-state index is 0.0649. The molecule has 1 aliphatic carbocycles. The topological polar surface area (TPSA) is 77.8 Å². The third-order valence-corrected chi connectivity index (χ3v) is 6.86. The molecule has 1 aliphatic heterocycles. The standard InChI is InChI=1S/C26H27NO5/c1-15-9-11-26(12-10-15)14-19(28)23-21(32-26)8-7-20-22(23)16(2)24(31-20)25(29)27-17-5-4-6-18(13-17)30-3/h4-8,13,15H,9-12,14H2,1-3H3,(H,27,29). The first-order chi connectivity index (χ1) is 15.4. The lowest BCUT2D eigenvalue weighted by Gasteiger charge is -2.42. The van der Waals surface area contributed by atoms with E-state index in [1.807, 2.05) is 6.92 Å². The van der Waals surface area contributed by atoms with Crippen LogP contribution in [-0.4, -0.2) is 24.4 Å². The van der Waals surface area contributed by atoms with Crippen molar-refractivity contribution >= 4 is 28.3 Å². The van der Waals surface area contributed by atoms with Gasteiger partial charge in [-0.3, -0.25) is 9.59 Å². The van der Waals surface area contributed by atoms with E-state index in [9.17, 15) is 9.59 Å². The lowest BCUT2D eigenvalue weighted by Crippen LogP contribution is -2.44. The van der Waals surface area contributed by atoms with Gasteiger partial charge in [-0.2, -0.15) is 0 Å². The molecule has 1 amide bonds. The quantitative estimate of drug-likeness (QED) is 0.555. The van der Waals surface area contributed by atoms with Crippen molar-refractivity contribution < 1.29 is 23.5 Å². The number of ketones is 1. The lowest BCUT2D eigenvalue weighted by molar-refractivity contribution is 0.00430. The van der Waals surface area contributed by atoms with E-state index in [0.717, 1.165) is 25.7 Å². The monoisotopic (exact) mass is 433 g/mol. The fraction of sp³-hybridized carbons (Fsp3) is 0.385. The number of anilines is 1. The van der Waals surface area contributed by atoms with Crippen molar-refractivity contribution in [3.63, 3.8) is 0 Å². The molecule has 1 N–H and O–H groups in total. The molecular formula is C26H27NO5. The Morgan fingerprint density at radius 1 is 1.19 bits per heavy atom. The number of carbonyl (C=O) groups is 2. The molecule has 166 valence electrons. The van der Waals surface area contributed by atoms with Crippen LogP contribution in [0.2, 0.25) is 0 Å². The van der Waals surface area contributed by atoms with Crippen LogP contribution < -0.4 is 14.8 Å². The fourth-order valence-corrected chi connectivity index (χ4v) is 5.01. The summed E-state index contributed by atoms with van der Waals surface area (Å²) in [4.78, 5) is 26.3. The van der Waals surface area contributed by atoms with Crippen LogP contribution in [0.3, 0.4) is 0 Å². The van der Waals surface area contributed by atoms with Crippen molar-refractivity contribution in [2.45, 2.75) is 51.6 Å². The summed E-state index contributed by atoms with van der Waals surface area (Å²) >= 11 is 0. The molecule has 32 heavy (non-hydrogen) atoms. The second-order valence-corrected chi connectivity index (χ2v) is 9.12. The van der Waals surface area contributed by atoms with Gasteiger partial charge in [0, 0.05) is 22.7 Å². The zero-order valence-corrected chi connectivity index (χ0v) is 18.6. The molecule has 0 saturated heterocycles. The number of aryl methyl sites for hydroxylation is 1. The summed E-state index contributed by atoms with van der Waals surface area (Å²) in [5.41, 5.74) is 1.90. The number of ether oxygens (including phenoxy) is 2. The molecule has 0 atom stereocenters. The predicted octanol–water partition coefficient (Wildman–Crippen LogP) is 5.92. The highest BCUT2D eigenvalue weighted by atomic mass is 16.5. The molecule has 1 fully saturated rings. The molecule has 0 bridgehead atoms. The van der Waals surface area contributed by atoms with Crippen molar-refractivity contribution in [3.8, 4) is 11.5 Å². The highest BCUT2D eigenvalue weighted by Crippen LogP contribution is 2.46. The summed E-state index contributed by atoms with van der Waals surface area (Å²) in [5, 5.41) is 3.52. The molecule has 2 aromatic carbocycles. The average molecular weight is 434 g/mol. The molecule has 6 heteroatoms. The third-order valence-electron chi connectivity index (χ3n) is 6.86. The number of nitrogens with one attached hydrogen (secondary N) is 1. The molecule has 0 radical (unpaired) electrons. The van der Waals surface area contributed by atoms with Gasteiger partial charge >= 0.3 is 0 Å². The molecule has 2 heterocycles. The summed E-state index contributed by atoms with van der Waals surface area (Å²) in [6.45, 7) is 4.06. The van der Waals surface area contributed by atoms with Crippen LogP contribution in [0.4, 0.5) is 5.69 Å². The van der Waals surface area contributed by atoms with E-state index in [-0.39, 0.29) is 17.5 Å². The Bertz CT molecular complexity index is 1220. The van der Waals surface area contributed by atoms with Crippen LogP contribution in [0.25, 0.3) is 11.0 Å². The smallest absolute Gasteiger partial charge is 0.291 e. The number of carbonyl (C=O) groups excluding carboxylic acids is 2. The summed E-state index contributed by atoms with van der Waals surface area (Å²) in [5.74, 6) is 1.80. The zero-order valence-electron chi connectivity index (χ0n) is 18.6. The molecule has 5 rings (SSSR count). The number of amides is 1. The summed E-state index contributed by atoms with van der Waals surface area (Å²) in [6, 6.07) is 10.7. The van der Waals surface area contributed by atoms with Crippen molar-refractivity contribution in [3.05, 3.63) is 53.3 Å². The van der Waals surface area contributed by atoms with Gasteiger partial charge in [0.25, 0.3) is 5.91 Å². The van der Waals surface area contributed by atoms with Crippen LogP contribution in [0.5, 0.6) is 11.5 Å². The van der Waals surface area contributed by atoms with Crippen LogP contribution in [0, 0.1) is 12.8 Å². The van der Waals surface area contributed by atoms with E-state index >= 15 is 0 Å². The SMILES string of the molecule is COc1cccc(NC(=O)c2oc3ccc4c(c3c2C)C(=O)CC2(CCC(C)CC2)O4)c1. The van der Waals surface area contributed by atoms with E-state index in [1.54, 1.807) is 43.5 Å². The van der Waals surface area contributed by atoms with Crippen molar-refractivity contribution in [2.24, 2.45) is 5.92 Å². The molecule has 1 saturated carbocycles. The summed E-state index contributed by atoms with van der Waals surface area (Å²) in [7, 11) is 1.57. The lowest BCUT2D eigenvalue weighted by atomic mass is 9.74. The minimum Gasteiger partial charge on any atom is -0.497 e. The largest absolute Gasteiger partial charge is 0.497 e. The van der Waals surface area contributed by atoms with Crippen molar-refractivity contribution in [1.29, 1.82) is 0 Å². The predicted molar refractivity (Wildman–Crippen MR) is 122 cm³/mol. The highest BCUT2D eigenvalue weighted by Gasteiger charge is 2.43. The van der Waals surface area contributed by atoms with Crippen molar-refractivity contribution in [1.82, 2.24) is 0 Å². The van der Waals surface area contributed by atoms with Crippen LogP contribution in [0.1, 0.15) is 65.5 Å². The minimum atomic E-state index is -0.394. The molecule has 2 aliphatic rings. The van der Waals surface area contributed by atoms with Crippen LogP contribution in [-0.2, 0) is 0 Å².